The summed E-state index contributed by atoms with van der Waals surface area (Å²) in [6.07, 6.45) is 1.04. The number of aliphatic imine (C=N–C) groups is 1. The first-order valence-corrected chi connectivity index (χ1v) is 9.91. The number of carbonyl (C=O) groups is 2. The van der Waals surface area contributed by atoms with Gasteiger partial charge >= 0.3 is 0 Å². The zero-order valence-electron chi connectivity index (χ0n) is 17.2. The van der Waals surface area contributed by atoms with Gasteiger partial charge in [0.1, 0.15) is 5.78 Å². The van der Waals surface area contributed by atoms with E-state index in [1.807, 2.05) is 38.1 Å². The minimum atomic E-state index is -0.602. The number of hydrogen-bond donors (Lipinski definition) is 0. The van der Waals surface area contributed by atoms with E-state index in [9.17, 15) is 19.7 Å². The Morgan fingerprint density at radius 3 is 2.43 bits per heavy atom. The summed E-state index contributed by atoms with van der Waals surface area (Å²) in [5.74, 6) is -0.761. The summed E-state index contributed by atoms with van der Waals surface area (Å²) < 4.78 is 0. The van der Waals surface area contributed by atoms with Gasteiger partial charge in [-0.15, -0.1) is 0 Å². The van der Waals surface area contributed by atoms with Crippen LogP contribution >= 0.6 is 0 Å². The smallest absolute Gasteiger partial charge is 0.269 e. The molecule has 4 rings (SSSR count). The third kappa shape index (κ3) is 3.40. The van der Waals surface area contributed by atoms with Gasteiger partial charge in [0.15, 0.2) is 0 Å². The summed E-state index contributed by atoms with van der Waals surface area (Å²) in [7, 11) is 0. The van der Waals surface area contributed by atoms with E-state index in [0.717, 1.165) is 5.71 Å². The molecule has 2 aliphatic rings. The summed E-state index contributed by atoms with van der Waals surface area (Å²) in [6, 6.07) is 12.9. The SMILES string of the molecule is CC(=O)N1c2ccccc2N=C2CC(C)(C)CC(=O)C2C1c1ccc([N+](=O)[O-])cc1. The van der Waals surface area contributed by atoms with Crippen LogP contribution < -0.4 is 4.90 Å². The summed E-state index contributed by atoms with van der Waals surface area (Å²) in [6.45, 7) is 5.56. The van der Waals surface area contributed by atoms with E-state index in [1.165, 1.54) is 19.1 Å². The normalized spacial score (nSPS) is 22.4. The highest BCUT2D eigenvalue weighted by atomic mass is 16.6. The predicted molar refractivity (Wildman–Crippen MR) is 114 cm³/mol. The largest absolute Gasteiger partial charge is 0.302 e. The molecule has 2 atom stereocenters. The first kappa shape index (κ1) is 19.9. The van der Waals surface area contributed by atoms with Crippen LogP contribution in [0.25, 0.3) is 0 Å². The first-order chi connectivity index (χ1) is 14.2. The number of non-ortho nitro benzene ring substituents is 1. The summed E-state index contributed by atoms with van der Waals surface area (Å²) in [5.41, 5.74) is 2.48. The standard InChI is InChI=1S/C23H23N3O4/c1-14(27)25-19-7-5-4-6-17(19)24-18-12-23(2,3)13-20(28)21(18)22(25)15-8-10-16(11-9-15)26(29)30/h4-11,21-22H,12-13H2,1-3H3. The van der Waals surface area contributed by atoms with Crippen LogP contribution in [0.5, 0.6) is 0 Å². The maximum atomic E-state index is 13.3. The number of Topliss-reactive ketones (excluding diaryl/α,β-unsaturated/α-hetero) is 1. The van der Waals surface area contributed by atoms with Crippen molar-refractivity contribution >= 4 is 34.5 Å². The van der Waals surface area contributed by atoms with Gasteiger partial charge in [0, 0.05) is 31.2 Å². The van der Waals surface area contributed by atoms with Crippen molar-refractivity contribution in [3.05, 3.63) is 64.2 Å². The second-order valence-corrected chi connectivity index (χ2v) is 8.74. The number of nitro benzene ring substituents is 1. The van der Waals surface area contributed by atoms with Crippen molar-refractivity contribution in [1.29, 1.82) is 0 Å². The van der Waals surface area contributed by atoms with Crippen molar-refractivity contribution in [2.24, 2.45) is 16.3 Å². The molecule has 1 aliphatic heterocycles. The Labute approximate surface area is 174 Å². The molecule has 2 aromatic carbocycles. The van der Waals surface area contributed by atoms with Crippen molar-refractivity contribution in [2.75, 3.05) is 4.90 Å². The van der Waals surface area contributed by atoms with Crippen molar-refractivity contribution in [3.63, 3.8) is 0 Å². The predicted octanol–water partition coefficient (Wildman–Crippen LogP) is 4.78. The van der Waals surface area contributed by atoms with Crippen LogP contribution in [0.4, 0.5) is 17.1 Å². The second kappa shape index (κ2) is 7.16. The van der Waals surface area contributed by atoms with E-state index in [4.69, 9.17) is 4.99 Å². The van der Waals surface area contributed by atoms with E-state index in [2.05, 4.69) is 0 Å². The lowest BCUT2D eigenvalue weighted by Gasteiger charge is -2.40. The minimum absolute atomic E-state index is 0.0346. The molecule has 0 spiro atoms. The number of carbonyl (C=O) groups excluding carboxylic acids is 2. The highest BCUT2D eigenvalue weighted by Gasteiger charge is 2.47. The molecule has 0 N–H and O–H groups in total. The molecule has 2 unspecified atom stereocenters. The van der Waals surface area contributed by atoms with Gasteiger partial charge in [0.05, 0.1) is 28.3 Å². The maximum Gasteiger partial charge on any atom is 0.269 e. The molecule has 1 amide bonds. The van der Waals surface area contributed by atoms with Gasteiger partial charge in [-0.05, 0) is 29.5 Å². The Balaban J connectivity index is 1.95. The number of anilines is 1. The molecule has 1 saturated carbocycles. The zero-order chi connectivity index (χ0) is 21.6. The lowest BCUT2D eigenvalue weighted by molar-refractivity contribution is -0.384. The van der Waals surface area contributed by atoms with Crippen LogP contribution in [0.3, 0.4) is 0 Å². The monoisotopic (exact) mass is 405 g/mol. The number of para-hydroxylation sites is 2. The fraction of sp³-hybridized carbons (Fsp3) is 0.348. The molecule has 154 valence electrons. The van der Waals surface area contributed by atoms with Crippen molar-refractivity contribution in [2.45, 2.75) is 39.7 Å². The lowest BCUT2D eigenvalue weighted by atomic mass is 9.68. The Morgan fingerprint density at radius 1 is 1.13 bits per heavy atom. The number of amides is 1. The van der Waals surface area contributed by atoms with E-state index >= 15 is 0 Å². The third-order valence-electron chi connectivity index (χ3n) is 5.80. The van der Waals surface area contributed by atoms with Gasteiger partial charge in [-0.3, -0.25) is 24.7 Å². The highest BCUT2D eigenvalue weighted by molar-refractivity contribution is 6.12. The third-order valence-corrected chi connectivity index (χ3v) is 5.80. The van der Waals surface area contributed by atoms with Gasteiger partial charge in [-0.25, -0.2) is 0 Å². The Bertz CT molecular complexity index is 1070. The topological polar surface area (TPSA) is 92.9 Å². The van der Waals surface area contributed by atoms with E-state index < -0.39 is 16.9 Å². The van der Waals surface area contributed by atoms with Crippen LogP contribution in [0.2, 0.25) is 0 Å². The molecule has 0 radical (unpaired) electrons. The number of fused-ring (bicyclic) bond motifs is 2. The van der Waals surface area contributed by atoms with E-state index in [-0.39, 0.29) is 22.8 Å². The summed E-state index contributed by atoms with van der Waals surface area (Å²) in [4.78, 5) is 43.3. The molecule has 7 nitrogen and oxygen atoms in total. The van der Waals surface area contributed by atoms with Crippen molar-refractivity contribution in [3.8, 4) is 0 Å². The van der Waals surface area contributed by atoms with Crippen molar-refractivity contribution in [1.82, 2.24) is 0 Å². The molecule has 1 fully saturated rings. The number of benzene rings is 2. The molecule has 30 heavy (non-hydrogen) atoms. The van der Waals surface area contributed by atoms with Gasteiger partial charge in [-0.2, -0.15) is 0 Å². The Kier molecular flexibility index (Phi) is 4.76. The first-order valence-electron chi connectivity index (χ1n) is 9.91. The average Bonchev–Trinajstić information content (AvgIpc) is 2.81. The number of rotatable bonds is 2. The van der Waals surface area contributed by atoms with Crippen LogP contribution in [-0.4, -0.2) is 22.3 Å². The summed E-state index contributed by atoms with van der Waals surface area (Å²) >= 11 is 0. The fourth-order valence-electron chi connectivity index (χ4n) is 4.61. The number of hydrogen-bond acceptors (Lipinski definition) is 5. The van der Waals surface area contributed by atoms with Gasteiger partial charge in [0.2, 0.25) is 5.91 Å². The van der Waals surface area contributed by atoms with Crippen LogP contribution in [0.15, 0.2) is 53.5 Å². The molecule has 7 heteroatoms. The fourth-order valence-corrected chi connectivity index (χ4v) is 4.61. The second-order valence-electron chi connectivity index (χ2n) is 8.74. The Morgan fingerprint density at radius 2 is 1.80 bits per heavy atom. The lowest BCUT2D eigenvalue weighted by Crippen LogP contribution is -2.46. The molecule has 1 heterocycles. The number of ketones is 1. The zero-order valence-corrected chi connectivity index (χ0v) is 17.2. The quantitative estimate of drug-likeness (QED) is 0.531. The number of nitro groups is 1. The molecule has 0 bridgehead atoms. The average molecular weight is 405 g/mol. The molecular weight excluding hydrogens is 382 g/mol. The van der Waals surface area contributed by atoms with E-state index in [1.54, 1.807) is 17.0 Å². The highest BCUT2D eigenvalue weighted by Crippen LogP contribution is 2.48. The maximum absolute atomic E-state index is 13.3. The van der Waals surface area contributed by atoms with Crippen LogP contribution in [0.1, 0.15) is 45.2 Å². The minimum Gasteiger partial charge on any atom is -0.302 e. The van der Waals surface area contributed by atoms with Crippen molar-refractivity contribution < 1.29 is 14.5 Å². The molecular formula is C23H23N3O4. The molecule has 2 aromatic rings. The van der Waals surface area contributed by atoms with Crippen LogP contribution in [-0.2, 0) is 9.59 Å². The van der Waals surface area contributed by atoms with Gasteiger partial charge in [0.25, 0.3) is 5.69 Å². The van der Waals surface area contributed by atoms with Gasteiger partial charge in [-0.1, -0.05) is 38.1 Å². The van der Waals surface area contributed by atoms with Crippen LogP contribution in [0, 0.1) is 21.4 Å². The molecule has 0 saturated heterocycles. The Hall–Kier alpha value is -3.35. The summed E-state index contributed by atoms with van der Waals surface area (Å²) in [5, 5.41) is 11.1. The molecule has 1 aliphatic carbocycles. The number of nitrogens with zero attached hydrogens (tertiary/aromatic N) is 3. The van der Waals surface area contributed by atoms with E-state index in [0.29, 0.717) is 29.8 Å². The van der Waals surface area contributed by atoms with Gasteiger partial charge < -0.3 is 4.90 Å². The molecule has 0 aromatic heterocycles.